The Morgan fingerprint density at radius 2 is 1.85 bits per heavy atom. The van der Waals surface area contributed by atoms with Crippen LogP contribution in [0.15, 0.2) is 29.2 Å². The van der Waals surface area contributed by atoms with E-state index in [0.29, 0.717) is 12.8 Å². The van der Waals surface area contributed by atoms with Crippen molar-refractivity contribution in [3.8, 4) is 0 Å². The zero-order valence-corrected chi connectivity index (χ0v) is 15.9. The Morgan fingerprint density at radius 1 is 1.23 bits per heavy atom. The van der Waals surface area contributed by atoms with Gasteiger partial charge in [0, 0.05) is 6.54 Å². The first-order chi connectivity index (χ1) is 12.1. The van der Waals surface area contributed by atoms with E-state index in [4.69, 9.17) is 0 Å². The third-order valence-corrected chi connectivity index (χ3v) is 6.26. The molecule has 8 nitrogen and oxygen atoms in total. The van der Waals surface area contributed by atoms with Crippen LogP contribution >= 0.6 is 0 Å². The Balaban J connectivity index is 2.11. The van der Waals surface area contributed by atoms with Gasteiger partial charge in [-0.15, -0.1) is 0 Å². The number of nitrogens with zero attached hydrogens (tertiary/aromatic N) is 1. The lowest BCUT2D eigenvalue weighted by Crippen LogP contribution is -2.57. The van der Waals surface area contributed by atoms with Crippen molar-refractivity contribution in [2.45, 2.75) is 50.7 Å². The second kappa shape index (κ2) is 8.05. The molecule has 1 aromatic rings. The lowest BCUT2D eigenvalue weighted by Gasteiger charge is -2.28. The summed E-state index contributed by atoms with van der Waals surface area (Å²) in [7, 11) is -3.75. The fourth-order valence-corrected chi connectivity index (χ4v) is 4.46. The summed E-state index contributed by atoms with van der Waals surface area (Å²) < 4.78 is 26.9. The van der Waals surface area contributed by atoms with Gasteiger partial charge in [-0.2, -0.15) is 4.31 Å². The number of carboxylic acids is 1. The number of aliphatic carboxylic acids is 1. The van der Waals surface area contributed by atoms with Crippen LogP contribution in [0.1, 0.15) is 32.3 Å². The summed E-state index contributed by atoms with van der Waals surface area (Å²) in [5, 5.41) is 16.0. The molecule has 0 radical (unpaired) electrons. The van der Waals surface area contributed by atoms with Gasteiger partial charge in [0.05, 0.1) is 23.1 Å². The number of urea groups is 1. The second-order valence-corrected chi connectivity index (χ2v) is 8.64. The number of nitrogens with one attached hydrogen (secondary N) is 2. The molecule has 1 aromatic carbocycles. The molecule has 0 aliphatic carbocycles. The van der Waals surface area contributed by atoms with E-state index in [2.05, 4.69) is 10.6 Å². The first kappa shape index (κ1) is 20.2. The minimum Gasteiger partial charge on any atom is -0.548 e. The number of hydrogen-bond donors (Lipinski definition) is 2. The standard InChI is InChI=1S/C17H25N3O5S/c1-11(2)15(16(21)22)19-17(23)18-14-5-4-10-20(14)26(24,25)13-8-6-12(3)7-9-13/h6-9,11,14-15H,4-5,10H2,1-3H3,(H,21,22)(H2,18,19,23)/p-1/t14-,15-/m0/s1. The van der Waals surface area contributed by atoms with Crippen LogP contribution in [-0.4, -0.2) is 43.5 Å². The largest absolute Gasteiger partial charge is 0.548 e. The van der Waals surface area contributed by atoms with Gasteiger partial charge in [0.25, 0.3) is 0 Å². The summed E-state index contributed by atoms with van der Waals surface area (Å²) in [6.45, 7) is 5.44. The Kier molecular flexibility index (Phi) is 6.25. The molecule has 0 bridgehead atoms. The molecule has 1 heterocycles. The fraction of sp³-hybridized carbons (Fsp3) is 0.529. The molecule has 1 saturated heterocycles. The van der Waals surface area contributed by atoms with Crippen molar-refractivity contribution in [2.24, 2.45) is 5.92 Å². The van der Waals surface area contributed by atoms with Gasteiger partial charge in [-0.1, -0.05) is 31.5 Å². The molecule has 2 rings (SSSR count). The van der Waals surface area contributed by atoms with Crippen molar-refractivity contribution in [3.63, 3.8) is 0 Å². The summed E-state index contributed by atoms with van der Waals surface area (Å²) in [4.78, 5) is 23.4. The van der Waals surface area contributed by atoms with Crippen molar-refractivity contribution in [1.82, 2.24) is 14.9 Å². The van der Waals surface area contributed by atoms with E-state index in [-0.39, 0.29) is 17.4 Å². The van der Waals surface area contributed by atoms with E-state index < -0.39 is 34.2 Å². The van der Waals surface area contributed by atoms with Crippen LogP contribution in [0.25, 0.3) is 0 Å². The monoisotopic (exact) mass is 382 g/mol. The molecule has 2 N–H and O–H groups in total. The normalized spacial score (nSPS) is 19.3. The highest BCUT2D eigenvalue weighted by molar-refractivity contribution is 7.89. The second-order valence-electron chi connectivity index (χ2n) is 6.75. The SMILES string of the molecule is Cc1ccc(S(=O)(=O)N2CCC[C@H]2NC(=O)N[C@H](C(=O)[O-])C(C)C)cc1. The Hall–Kier alpha value is -2.13. The maximum atomic E-state index is 12.8. The van der Waals surface area contributed by atoms with Crippen LogP contribution in [0.4, 0.5) is 4.79 Å². The maximum Gasteiger partial charge on any atom is 0.316 e. The highest BCUT2D eigenvalue weighted by Crippen LogP contribution is 2.25. The smallest absolute Gasteiger partial charge is 0.316 e. The number of carboxylic acid groups (broad SMARTS) is 1. The number of benzene rings is 1. The number of sulfonamides is 1. The quantitative estimate of drug-likeness (QED) is 0.727. The Bertz CT molecular complexity index is 761. The summed E-state index contributed by atoms with van der Waals surface area (Å²) in [6.07, 6.45) is 0.330. The molecule has 0 aromatic heterocycles. The van der Waals surface area contributed by atoms with E-state index in [1.54, 1.807) is 26.0 Å². The molecule has 144 valence electrons. The first-order valence-corrected chi connectivity index (χ1v) is 9.93. The number of carbonyl (C=O) groups excluding carboxylic acids is 2. The van der Waals surface area contributed by atoms with Crippen molar-refractivity contribution in [2.75, 3.05) is 6.54 Å². The summed E-state index contributed by atoms with van der Waals surface area (Å²) in [5.74, 6) is -1.74. The van der Waals surface area contributed by atoms with Crippen LogP contribution in [-0.2, 0) is 14.8 Å². The molecule has 1 fully saturated rings. The van der Waals surface area contributed by atoms with Gasteiger partial charge in [0.2, 0.25) is 10.0 Å². The van der Waals surface area contributed by atoms with Crippen LogP contribution in [0, 0.1) is 12.8 Å². The molecule has 1 aliphatic rings. The highest BCUT2D eigenvalue weighted by atomic mass is 32.2. The summed E-state index contributed by atoms with van der Waals surface area (Å²) in [6, 6.07) is 4.61. The Morgan fingerprint density at radius 3 is 2.38 bits per heavy atom. The molecule has 1 aliphatic heterocycles. The molecular formula is C17H24N3O5S-. The molecule has 9 heteroatoms. The number of hydrogen-bond acceptors (Lipinski definition) is 5. The van der Waals surface area contributed by atoms with E-state index in [1.165, 1.54) is 16.4 Å². The minimum atomic E-state index is -3.75. The van der Waals surface area contributed by atoms with Gasteiger partial charge in [0.1, 0.15) is 0 Å². The molecular weight excluding hydrogens is 358 g/mol. The van der Waals surface area contributed by atoms with Gasteiger partial charge in [-0.3, -0.25) is 0 Å². The van der Waals surface area contributed by atoms with Gasteiger partial charge < -0.3 is 20.5 Å². The third kappa shape index (κ3) is 4.53. The first-order valence-electron chi connectivity index (χ1n) is 8.49. The van der Waals surface area contributed by atoms with E-state index >= 15 is 0 Å². The van der Waals surface area contributed by atoms with Crippen molar-refractivity contribution < 1.29 is 23.1 Å². The van der Waals surface area contributed by atoms with E-state index in [0.717, 1.165) is 5.56 Å². The van der Waals surface area contributed by atoms with Crippen LogP contribution < -0.4 is 15.7 Å². The van der Waals surface area contributed by atoms with Crippen LogP contribution in [0.5, 0.6) is 0 Å². The molecule has 26 heavy (non-hydrogen) atoms. The maximum absolute atomic E-state index is 12.8. The average Bonchev–Trinajstić information content (AvgIpc) is 3.01. The van der Waals surface area contributed by atoms with Crippen LogP contribution in [0.3, 0.4) is 0 Å². The molecule has 2 atom stereocenters. The van der Waals surface area contributed by atoms with Gasteiger partial charge >= 0.3 is 6.03 Å². The average molecular weight is 382 g/mol. The third-order valence-electron chi connectivity index (χ3n) is 4.34. The van der Waals surface area contributed by atoms with E-state index in [9.17, 15) is 23.1 Å². The Labute approximate surface area is 153 Å². The van der Waals surface area contributed by atoms with Crippen molar-refractivity contribution >= 4 is 22.0 Å². The lowest BCUT2D eigenvalue weighted by molar-refractivity contribution is -0.309. The van der Waals surface area contributed by atoms with Gasteiger partial charge in [0.15, 0.2) is 0 Å². The highest BCUT2D eigenvalue weighted by Gasteiger charge is 2.36. The van der Waals surface area contributed by atoms with E-state index in [1.807, 2.05) is 6.92 Å². The number of amides is 2. The molecule has 0 saturated carbocycles. The topological polar surface area (TPSA) is 119 Å². The van der Waals surface area contributed by atoms with Crippen LogP contribution in [0.2, 0.25) is 0 Å². The number of aryl methyl sites for hydroxylation is 1. The van der Waals surface area contributed by atoms with Crippen molar-refractivity contribution in [1.29, 1.82) is 0 Å². The minimum absolute atomic E-state index is 0.159. The summed E-state index contributed by atoms with van der Waals surface area (Å²) in [5.41, 5.74) is 0.946. The molecule has 2 amide bonds. The number of carbonyl (C=O) groups is 2. The molecule has 0 unspecified atom stereocenters. The van der Waals surface area contributed by atoms with Gasteiger partial charge in [-0.05, 0) is 37.8 Å². The predicted molar refractivity (Wildman–Crippen MR) is 93.4 cm³/mol. The predicted octanol–water partition coefficient (Wildman–Crippen LogP) is 0.179. The van der Waals surface area contributed by atoms with Gasteiger partial charge in [-0.25, -0.2) is 13.2 Å². The van der Waals surface area contributed by atoms with Crippen molar-refractivity contribution in [3.05, 3.63) is 29.8 Å². The number of rotatable bonds is 6. The summed E-state index contributed by atoms with van der Waals surface area (Å²) >= 11 is 0. The lowest BCUT2D eigenvalue weighted by atomic mass is 10.1. The zero-order valence-electron chi connectivity index (χ0n) is 15.1. The zero-order chi connectivity index (χ0) is 19.5. The molecule has 0 spiro atoms. The fourth-order valence-electron chi connectivity index (χ4n) is 2.85.